The third-order valence-electron chi connectivity index (χ3n) is 3.42. The number of aliphatic hydroxyl groups is 1. The Morgan fingerprint density at radius 1 is 1.24 bits per heavy atom. The molecule has 1 aromatic carbocycles. The molecule has 1 aliphatic carbocycles. The number of carbonyl (C=O) groups excluding carboxylic acids is 1. The fourth-order valence-corrected chi connectivity index (χ4v) is 2.31. The normalized spacial score (nSPS) is 24.4. The fourth-order valence-electron chi connectivity index (χ4n) is 2.31. The van der Waals surface area contributed by atoms with Crippen molar-refractivity contribution in [1.82, 2.24) is 5.32 Å². The van der Waals surface area contributed by atoms with Crippen LogP contribution in [0.15, 0.2) is 24.3 Å². The van der Waals surface area contributed by atoms with E-state index in [9.17, 15) is 9.90 Å². The van der Waals surface area contributed by atoms with Gasteiger partial charge in [0, 0.05) is 11.6 Å². The van der Waals surface area contributed by atoms with Gasteiger partial charge in [-0.05, 0) is 44.2 Å². The molecule has 0 atom stereocenters. The van der Waals surface area contributed by atoms with Gasteiger partial charge in [-0.1, -0.05) is 18.2 Å². The zero-order chi connectivity index (χ0) is 12.3. The molecular weight excluding hydrogens is 214 g/mol. The Balaban J connectivity index is 1.96. The van der Waals surface area contributed by atoms with Crippen LogP contribution in [0.25, 0.3) is 0 Å². The van der Waals surface area contributed by atoms with Gasteiger partial charge in [0.2, 0.25) is 0 Å². The third kappa shape index (κ3) is 3.07. The molecule has 92 valence electrons. The minimum absolute atomic E-state index is 0.00416. The van der Waals surface area contributed by atoms with Gasteiger partial charge in [-0.3, -0.25) is 4.79 Å². The van der Waals surface area contributed by atoms with Gasteiger partial charge in [0.1, 0.15) is 0 Å². The second-order valence-electron chi connectivity index (χ2n) is 4.79. The lowest BCUT2D eigenvalue weighted by molar-refractivity contribution is 0.0867. The van der Waals surface area contributed by atoms with Crippen LogP contribution in [-0.4, -0.2) is 23.2 Å². The summed E-state index contributed by atoms with van der Waals surface area (Å²) >= 11 is 0. The average Bonchev–Trinajstić information content (AvgIpc) is 2.32. The Bertz CT molecular complexity index is 395. The summed E-state index contributed by atoms with van der Waals surface area (Å²) in [5.74, 6) is 0.00416. The van der Waals surface area contributed by atoms with Gasteiger partial charge in [0.05, 0.1) is 6.10 Å². The van der Waals surface area contributed by atoms with E-state index >= 15 is 0 Å². The molecule has 1 aromatic rings. The van der Waals surface area contributed by atoms with Crippen molar-refractivity contribution in [2.75, 3.05) is 0 Å². The highest BCUT2D eigenvalue weighted by Gasteiger charge is 2.21. The maximum Gasteiger partial charge on any atom is 0.251 e. The van der Waals surface area contributed by atoms with Gasteiger partial charge < -0.3 is 10.4 Å². The molecule has 0 aliphatic heterocycles. The van der Waals surface area contributed by atoms with Crippen molar-refractivity contribution < 1.29 is 9.90 Å². The molecule has 17 heavy (non-hydrogen) atoms. The molecule has 0 saturated heterocycles. The van der Waals surface area contributed by atoms with Crippen LogP contribution in [0, 0.1) is 6.92 Å². The van der Waals surface area contributed by atoms with Crippen LogP contribution >= 0.6 is 0 Å². The molecule has 3 heteroatoms. The predicted octanol–water partition coefficient (Wildman–Crippen LogP) is 2.03. The Kier molecular flexibility index (Phi) is 3.79. The summed E-state index contributed by atoms with van der Waals surface area (Å²) in [6.45, 7) is 1.94. The van der Waals surface area contributed by atoms with Crippen molar-refractivity contribution >= 4 is 5.91 Å². The molecule has 0 aromatic heterocycles. The zero-order valence-corrected chi connectivity index (χ0v) is 10.1. The summed E-state index contributed by atoms with van der Waals surface area (Å²) in [6, 6.07) is 7.82. The van der Waals surface area contributed by atoms with Gasteiger partial charge in [0.25, 0.3) is 5.91 Å². The molecule has 0 radical (unpaired) electrons. The summed E-state index contributed by atoms with van der Waals surface area (Å²) in [6.07, 6.45) is 3.15. The highest BCUT2D eigenvalue weighted by atomic mass is 16.3. The topological polar surface area (TPSA) is 49.3 Å². The number of hydrogen-bond donors (Lipinski definition) is 2. The molecule has 0 spiro atoms. The molecule has 1 aliphatic rings. The molecule has 0 unspecified atom stereocenters. The van der Waals surface area contributed by atoms with Crippen LogP contribution in [-0.2, 0) is 0 Å². The number of amides is 1. The Morgan fingerprint density at radius 2 is 1.88 bits per heavy atom. The minimum Gasteiger partial charge on any atom is -0.393 e. The van der Waals surface area contributed by atoms with Crippen molar-refractivity contribution in [1.29, 1.82) is 0 Å². The van der Waals surface area contributed by atoms with Crippen molar-refractivity contribution in [3.8, 4) is 0 Å². The molecule has 0 bridgehead atoms. The molecule has 2 rings (SSSR count). The van der Waals surface area contributed by atoms with E-state index < -0.39 is 0 Å². The van der Waals surface area contributed by atoms with Gasteiger partial charge >= 0.3 is 0 Å². The molecule has 1 saturated carbocycles. The quantitative estimate of drug-likeness (QED) is 0.821. The van der Waals surface area contributed by atoms with E-state index in [4.69, 9.17) is 0 Å². The largest absolute Gasteiger partial charge is 0.393 e. The first-order chi connectivity index (χ1) is 8.16. The number of nitrogens with one attached hydrogen (secondary N) is 1. The highest BCUT2D eigenvalue weighted by molar-refractivity contribution is 5.95. The zero-order valence-electron chi connectivity index (χ0n) is 10.1. The van der Waals surface area contributed by atoms with Crippen LogP contribution in [0.3, 0.4) is 0 Å². The minimum atomic E-state index is -0.179. The maximum absolute atomic E-state index is 12.0. The lowest BCUT2D eigenvalue weighted by Crippen LogP contribution is -2.38. The Hall–Kier alpha value is -1.35. The number of aliphatic hydroxyl groups excluding tert-OH is 1. The van der Waals surface area contributed by atoms with Gasteiger partial charge in [-0.25, -0.2) is 0 Å². The monoisotopic (exact) mass is 233 g/mol. The van der Waals surface area contributed by atoms with Crippen LogP contribution in [0.1, 0.15) is 41.6 Å². The van der Waals surface area contributed by atoms with Crippen molar-refractivity contribution in [3.05, 3.63) is 35.4 Å². The van der Waals surface area contributed by atoms with Crippen molar-refractivity contribution in [3.63, 3.8) is 0 Å². The van der Waals surface area contributed by atoms with Crippen LogP contribution < -0.4 is 5.32 Å². The van der Waals surface area contributed by atoms with Crippen molar-refractivity contribution in [2.24, 2.45) is 0 Å². The van der Waals surface area contributed by atoms with Crippen molar-refractivity contribution in [2.45, 2.75) is 44.8 Å². The molecule has 3 nitrogen and oxygen atoms in total. The Labute approximate surface area is 102 Å². The van der Waals surface area contributed by atoms with E-state index in [1.165, 1.54) is 0 Å². The number of rotatable bonds is 2. The Morgan fingerprint density at radius 3 is 2.53 bits per heavy atom. The second-order valence-corrected chi connectivity index (χ2v) is 4.79. The smallest absolute Gasteiger partial charge is 0.251 e. The van der Waals surface area contributed by atoms with Gasteiger partial charge in [0.15, 0.2) is 0 Å². The molecular formula is C14H19NO2. The first kappa shape index (κ1) is 12.1. The first-order valence-corrected chi connectivity index (χ1v) is 6.21. The number of carbonyl (C=O) groups is 1. The van der Waals surface area contributed by atoms with Crippen LogP contribution in [0.2, 0.25) is 0 Å². The fraction of sp³-hybridized carbons (Fsp3) is 0.500. The lowest BCUT2D eigenvalue weighted by Gasteiger charge is -2.26. The van der Waals surface area contributed by atoms with E-state index in [-0.39, 0.29) is 18.1 Å². The third-order valence-corrected chi connectivity index (χ3v) is 3.42. The molecule has 1 fully saturated rings. The van der Waals surface area contributed by atoms with E-state index in [0.717, 1.165) is 36.8 Å². The summed E-state index contributed by atoms with van der Waals surface area (Å²) in [4.78, 5) is 12.0. The van der Waals surface area contributed by atoms with E-state index in [1.807, 2.05) is 31.2 Å². The maximum atomic E-state index is 12.0. The van der Waals surface area contributed by atoms with E-state index in [1.54, 1.807) is 0 Å². The summed E-state index contributed by atoms with van der Waals surface area (Å²) in [5.41, 5.74) is 1.75. The number of hydrogen-bond acceptors (Lipinski definition) is 2. The van der Waals surface area contributed by atoms with Crippen LogP contribution in [0.4, 0.5) is 0 Å². The van der Waals surface area contributed by atoms with Gasteiger partial charge in [-0.15, -0.1) is 0 Å². The molecule has 1 amide bonds. The SMILES string of the molecule is Cc1ccccc1C(=O)NC1CCC(O)CC1. The van der Waals surface area contributed by atoms with E-state index in [0.29, 0.717) is 0 Å². The lowest BCUT2D eigenvalue weighted by atomic mass is 9.93. The average molecular weight is 233 g/mol. The van der Waals surface area contributed by atoms with E-state index in [2.05, 4.69) is 5.32 Å². The highest BCUT2D eigenvalue weighted by Crippen LogP contribution is 2.19. The number of aryl methyl sites for hydroxylation is 1. The summed E-state index contributed by atoms with van der Waals surface area (Å²) in [5, 5.41) is 12.5. The first-order valence-electron chi connectivity index (χ1n) is 6.21. The second kappa shape index (κ2) is 5.32. The van der Waals surface area contributed by atoms with Gasteiger partial charge in [-0.2, -0.15) is 0 Å². The predicted molar refractivity (Wildman–Crippen MR) is 66.9 cm³/mol. The van der Waals surface area contributed by atoms with Crippen LogP contribution in [0.5, 0.6) is 0 Å². The summed E-state index contributed by atoms with van der Waals surface area (Å²) in [7, 11) is 0. The molecule has 2 N–H and O–H groups in total. The molecule has 0 heterocycles. The summed E-state index contributed by atoms with van der Waals surface area (Å²) < 4.78 is 0. The number of benzene rings is 1. The standard InChI is InChI=1S/C14H19NO2/c1-10-4-2-3-5-13(10)14(17)15-11-6-8-12(16)9-7-11/h2-5,11-12,16H,6-9H2,1H3,(H,15,17).